The van der Waals surface area contributed by atoms with E-state index in [0.717, 1.165) is 30.9 Å². The van der Waals surface area contributed by atoms with E-state index in [1.165, 1.54) is 5.56 Å². The Hall–Kier alpha value is -0.870. The van der Waals surface area contributed by atoms with Gasteiger partial charge >= 0.3 is 0 Å². The van der Waals surface area contributed by atoms with Crippen LogP contribution in [0.3, 0.4) is 0 Å². The fourth-order valence-corrected chi connectivity index (χ4v) is 2.00. The fraction of sp³-hybridized carbons (Fsp3) is 0.700. The van der Waals surface area contributed by atoms with Gasteiger partial charge in [0.05, 0.1) is 18.0 Å². The summed E-state index contributed by atoms with van der Waals surface area (Å²) in [7, 11) is 0. The first kappa shape index (κ1) is 9.68. The first-order chi connectivity index (χ1) is 6.74. The standard InChI is InChI=1S/C10H17N3O/c1-7(2)13-10(6-14)8-3-4-11-5-9(8)12-13/h7,11,14H,3-6H2,1-2H3. The van der Waals surface area contributed by atoms with Crippen molar-refractivity contribution in [2.75, 3.05) is 6.54 Å². The van der Waals surface area contributed by atoms with Crippen molar-refractivity contribution in [1.82, 2.24) is 15.1 Å². The maximum absolute atomic E-state index is 9.33. The van der Waals surface area contributed by atoms with Crippen LogP contribution in [0, 0.1) is 0 Å². The summed E-state index contributed by atoms with van der Waals surface area (Å²) >= 11 is 0. The highest BCUT2D eigenvalue weighted by molar-refractivity contribution is 5.28. The summed E-state index contributed by atoms with van der Waals surface area (Å²) in [6.07, 6.45) is 0.984. The summed E-state index contributed by atoms with van der Waals surface area (Å²) < 4.78 is 1.94. The van der Waals surface area contributed by atoms with Gasteiger partial charge in [-0.15, -0.1) is 0 Å². The minimum absolute atomic E-state index is 0.0977. The molecule has 0 atom stereocenters. The molecule has 0 saturated heterocycles. The molecular formula is C10H17N3O. The van der Waals surface area contributed by atoms with Crippen LogP contribution in [-0.4, -0.2) is 21.4 Å². The summed E-state index contributed by atoms with van der Waals surface area (Å²) in [5.74, 6) is 0. The Morgan fingerprint density at radius 3 is 3.00 bits per heavy atom. The monoisotopic (exact) mass is 195 g/mol. The molecule has 4 nitrogen and oxygen atoms in total. The highest BCUT2D eigenvalue weighted by Gasteiger charge is 2.20. The minimum atomic E-state index is 0.0977. The number of aliphatic hydroxyl groups excluding tert-OH is 1. The van der Waals surface area contributed by atoms with Gasteiger partial charge in [-0.3, -0.25) is 4.68 Å². The Morgan fingerprint density at radius 2 is 2.36 bits per heavy atom. The smallest absolute Gasteiger partial charge is 0.0852 e. The largest absolute Gasteiger partial charge is 0.390 e. The van der Waals surface area contributed by atoms with E-state index in [4.69, 9.17) is 0 Å². The zero-order chi connectivity index (χ0) is 10.1. The van der Waals surface area contributed by atoms with Crippen LogP contribution >= 0.6 is 0 Å². The van der Waals surface area contributed by atoms with Crippen molar-refractivity contribution in [2.45, 2.75) is 39.5 Å². The van der Waals surface area contributed by atoms with Crippen LogP contribution in [0.2, 0.25) is 0 Å². The summed E-state index contributed by atoms with van der Waals surface area (Å²) in [4.78, 5) is 0. The highest BCUT2D eigenvalue weighted by atomic mass is 16.3. The van der Waals surface area contributed by atoms with E-state index in [1.807, 2.05) is 4.68 Å². The van der Waals surface area contributed by atoms with Gasteiger partial charge in [-0.25, -0.2) is 0 Å². The van der Waals surface area contributed by atoms with Crippen molar-refractivity contribution >= 4 is 0 Å². The fourth-order valence-electron chi connectivity index (χ4n) is 2.00. The van der Waals surface area contributed by atoms with Crippen molar-refractivity contribution in [3.05, 3.63) is 17.0 Å². The molecule has 78 valence electrons. The molecule has 0 aromatic carbocycles. The molecule has 1 aliphatic rings. The lowest BCUT2D eigenvalue weighted by Crippen LogP contribution is -2.23. The van der Waals surface area contributed by atoms with E-state index in [-0.39, 0.29) is 6.61 Å². The molecule has 0 saturated carbocycles. The van der Waals surface area contributed by atoms with E-state index in [0.29, 0.717) is 6.04 Å². The van der Waals surface area contributed by atoms with Gasteiger partial charge in [-0.05, 0) is 26.8 Å². The third-order valence-corrected chi connectivity index (χ3v) is 2.68. The molecule has 0 amide bonds. The van der Waals surface area contributed by atoms with E-state index in [9.17, 15) is 5.11 Å². The third kappa shape index (κ3) is 1.44. The predicted molar refractivity (Wildman–Crippen MR) is 53.9 cm³/mol. The van der Waals surface area contributed by atoms with Crippen LogP contribution in [0.15, 0.2) is 0 Å². The third-order valence-electron chi connectivity index (χ3n) is 2.68. The quantitative estimate of drug-likeness (QED) is 0.726. The van der Waals surface area contributed by atoms with E-state index >= 15 is 0 Å². The number of fused-ring (bicyclic) bond motifs is 1. The van der Waals surface area contributed by atoms with E-state index in [1.54, 1.807) is 0 Å². The van der Waals surface area contributed by atoms with Crippen LogP contribution in [-0.2, 0) is 19.6 Å². The molecular weight excluding hydrogens is 178 g/mol. The predicted octanol–water partition coefficient (Wildman–Crippen LogP) is 0.602. The van der Waals surface area contributed by atoms with Gasteiger partial charge < -0.3 is 10.4 Å². The Kier molecular flexibility index (Phi) is 2.56. The first-order valence-corrected chi connectivity index (χ1v) is 5.14. The zero-order valence-corrected chi connectivity index (χ0v) is 8.75. The molecule has 0 bridgehead atoms. The van der Waals surface area contributed by atoms with Crippen molar-refractivity contribution < 1.29 is 5.11 Å². The molecule has 2 N–H and O–H groups in total. The Morgan fingerprint density at radius 1 is 1.57 bits per heavy atom. The number of nitrogens with zero attached hydrogens (tertiary/aromatic N) is 2. The maximum atomic E-state index is 9.33. The molecule has 1 aromatic rings. The van der Waals surface area contributed by atoms with Crippen molar-refractivity contribution in [3.63, 3.8) is 0 Å². The second kappa shape index (κ2) is 3.71. The highest BCUT2D eigenvalue weighted by Crippen LogP contribution is 2.21. The van der Waals surface area contributed by atoms with Gasteiger partial charge in [-0.1, -0.05) is 0 Å². The number of nitrogens with one attached hydrogen (secondary N) is 1. The Bertz CT molecular complexity index is 330. The zero-order valence-electron chi connectivity index (χ0n) is 8.75. The number of rotatable bonds is 2. The first-order valence-electron chi connectivity index (χ1n) is 5.14. The van der Waals surface area contributed by atoms with Crippen LogP contribution in [0.5, 0.6) is 0 Å². The molecule has 0 radical (unpaired) electrons. The SMILES string of the molecule is CC(C)n1nc2c(c1CO)CCNC2. The normalized spacial score (nSPS) is 16.0. The van der Waals surface area contributed by atoms with E-state index in [2.05, 4.69) is 24.3 Å². The average molecular weight is 195 g/mol. The molecule has 0 unspecified atom stereocenters. The molecule has 1 aliphatic heterocycles. The van der Waals surface area contributed by atoms with Crippen LogP contribution in [0.4, 0.5) is 0 Å². The number of hydrogen-bond acceptors (Lipinski definition) is 3. The van der Waals surface area contributed by atoms with Crippen molar-refractivity contribution in [1.29, 1.82) is 0 Å². The second-order valence-electron chi connectivity index (χ2n) is 4.00. The number of aromatic nitrogens is 2. The molecule has 0 aliphatic carbocycles. The van der Waals surface area contributed by atoms with Crippen molar-refractivity contribution in [3.8, 4) is 0 Å². The molecule has 4 heteroatoms. The van der Waals surface area contributed by atoms with Gasteiger partial charge in [0.25, 0.3) is 0 Å². The van der Waals surface area contributed by atoms with Crippen LogP contribution in [0.25, 0.3) is 0 Å². The summed E-state index contributed by atoms with van der Waals surface area (Å²) in [5, 5.41) is 17.1. The summed E-state index contributed by atoms with van der Waals surface area (Å²) in [5.41, 5.74) is 3.35. The van der Waals surface area contributed by atoms with Crippen LogP contribution < -0.4 is 5.32 Å². The molecule has 2 heterocycles. The lowest BCUT2D eigenvalue weighted by molar-refractivity contribution is 0.263. The number of aliphatic hydroxyl groups is 1. The summed E-state index contributed by atoms with van der Waals surface area (Å²) in [6, 6.07) is 0.322. The lowest BCUT2D eigenvalue weighted by Gasteiger charge is -2.12. The van der Waals surface area contributed by atoms with Gasteiger partial charge in [0.1, 0.15) is 0 Å². The van der Waals surface area contributed by atoms with E-state index < -0.39 is 0 Å². The average Bonchev–Trinajstić information content (AvgIpc) is 2.56. The van der Waals surface area contributed by atoms with Gasteiger partial charge in [0.2, 0.25) is 0 Å². The molecule has 2 rings (SSSR count). The molecule has 0 spiro atoms. The molecule has 0 fully saturated rings. The Balaban J connectivity index is 2.46. The van der Waals surface area contributed by atoms with Gasteiger partial charge in [-0.2, -0.15) is 5.10 Å². The minimum Gasteiger partial charge on any atom is -0.390 e. The summed E-state index contributed by atoms with van der Waals surface area (Å²) in [6.45, 7) is 6.10. The van der Waals surface area contributed by atoms with Gasteiger partial charge in [0, 0.05) is 18.2 Å². The lowest BCUT2D eigenvalue weighted by atomic mass is 10.1. The van der Waals surface area contributed by atoms with Gasteiger partial charge in [0.15, 0.2) is 0 Å². The molecule has 14 heavy (non-hydrogen) atoms. The Labute approximate surface area is 83.9 Å². The number of hydrogen-bond donors (Lipinski definition) is 2. The van der Waals surface area contributed by atoms with Crippen molar-refractivity contribution in [2.24, 2.45) is 0 Å². The second-order valence-corrected chi connectivity index (χ2v) is 4.00. The topological polar surface area (TPSA) is 50.1 Å². The van der Waals surface area contributed by atoms with Crippen LogP contribution in [0.1, 0.15) is 36.8 Å². The molecule has 1 aromatic heterocycles. The maximum Gasteiger partial charge on any atom is 0.0852 e.